The molecule has 18 heavy (non-hydrogen) atoms. The molecule has 0 N–H and O–H groups in total. The molecule has 0 saturated carbocycles. The monoisotopic (exact) mass is 246 g/mol. The first kappa shape index (κ1) is 11.1. The lowest BCUT2D eigenvalue weighted by atomic mass is 10.1. The van der Waals surface area contributed by atoms with Gasteiger partial charge in [0, 0.05) is 17.6 Å². The molecule has 2 heterocycles. The number of carbonyl (C=O) groups is 1. The molecule has 1 aliphatic heterocycles. The van der Waals surface area contributed by atoms with Crippen LogP contribution in [0.4, 0.5) is 0 Å². The molecular formula is C13H14N2O3. The number of aryl methyl sites for hydroxylation is 1. The third kappa shape index (κ3) is 1.54. The summed E-state index contributed by atoms with van der Waals surface area (Å²) in [6, 6.07) is 0. The largest absolute Gasteiger partial charge is 0.495 e. The average Bonchev–Trinajstić information content (AvgIpc) is 2.89. The molecule has 1 aromatic rings. The van der Waals surface area contributed by atoms with E-state index in [-0.39, 0.29) is 5.97 Å². The number of ether oxygens (including phenoxy) is 2. The Hall–Kier alpha value is -2.04. The lowest BCUT2D eigenvalue weighted by Crippen LogP contribution is -2.08. The van der Waals surface area contributed by atoms with Gasteiger partial charge in [-0.3, -0.25) is 4.68 Å². The zero-order valence-electron chi connectivity index (χ0n) is 10.4. The van der Waals surface area contributed by atoms with Gasteiger partial charge in [0.15, 0.2) is 0 Å². The van der Waals surface area contributed by atoms with Crippen molar-refractivity contribution in [3.63, 3.8) is 0 Å². The van der Waals surface area contributed by atoms with Crippen molar-refractivity contribution in [1.82, 2.24) is 9.78 Å². The van der Waals surface area contributed by atoms with E-state index in [1.807, 2.05) is 23.9 Å². The van der Waals surface area contributed by atoms with Crippen LogP contribution < -0.4 is 0 Å². The van der Waals surface area contributed by atoms with Gasteiger partial charge in [0.2, 0.25) is 0 Å². The van der Waals surface area contributed by atoms with E-state index >= 15 is 0 Å². The number of methoxy groups -OCH3 is 1. The molecule has 0 spiro atoms. The van der Waals surface area contributed by atoms with Crippen molar-refractivity contribution in [2.24, 2.45) is 0 Å². The maximum atomic E-state index is 11.6. The summed E-state index contributed by atoms with van der Waals surface area (Å²) in [4.78, 5) is 11.6. The Balaban J connectivity index is 2.07. The number of nitrogens with zero attached hydrogens (tertiary/aromatic N) is 2. The fourth-order valence-electron chi connectivity index (χ4n) is 2.42. The fraction of sp³-hybridized carbons (Fsp3) is 0.385. The van der Waals surface area contributed by atoms with Gasteiger partial charge >= 0.3 is 5.97 Å². The van der Waals surface area contributed by atoms with E-state index in [4.69, 9.17) is 9.47 Å². The van der Waals surface area contributed by atoms with Gasteiger partial charge in [0.05, 0.1) is 25.5 Å². The van der Waals surface area contributed by atoms with E-state index < -0.39 is 0 Å². The van der Waals surface area contributed by atoms with Crippen molar-refractivity contribution in [2.75, 3.05) is 13.7 Å². The molecule has 5 heteroatoms. The molecule has 0 unspecified atom stereocenters. The van der Waals surface area contributed by atoms with Crippen molar-refractivity contribution >= 4 is 11.5 Å². The molecule has 0 amide bonds. The summed E-state index contributed by atoms with van der Waals surface area (Å²) in [6.07, 6.45) is 4.20. The molecule has 0 atom stereocenters. The second kappa shape index (κ2) is 4.01. The Labute approximate surface area is 105 Å². The summed E-state index contributed by atoms with van der Waals surface area (Å²) in [5.41, 5.74) is 3.73. The van der Waals surface area contributed by atoms with Crippen LogP contribution >= 0.6 is 0 Å². The number of allylic oxidation sites excluding steroid dienone is 3. The molecular weight excluding hydrogens is 232 g/mol. The molecule has 1 aromatic heterocycles. The number of fused-ring (bicyclic) bond motifs is 2. The fourth-order valence-corrected chi connectivity index (χ4v) is 2.42. The molecule has 0 radical (unpaired) electrons. The van der Waals surface area contributed by atoms with Crippen molar-refractivity contribution in [1.29, 1.82) is 0 Å². The molecule has 3 rings (SSSR count). The normalized spacial score (nSPS) is 17.6. The topological polar surface area (TPSA) is 53.4 Å². The van der Waals surface area contributed by atoms with Crippen LogP contribution in [0, 0.1) is 6.92 Å². The molecule has 94 valence electrons. The second-order valence-electron chi connectivity index (χ2n) is 4.42. The first-order chi connectivity index (χ1) is 8.70. The first-order valence-electron chi connectivity index (χ1n) is 5.88. The van der Waals surface area contributed by atoms with Gasteiger partial charge in [-0.2, -0.15) is 5.10 Å². The summed E-state index contributed by atoms with van der Waals surface area (Å²) in [6.45, 7) is 3.32. The minimum atomic E-state index is -0.296. The summed E-state index contributed by atoms with van der Waals surface area (Å²) >= 11 is 0. The first-order valence-corrected chi connectivity index (χ1v) is 5.88. The maximum absolute atomic E-state index is 11.6. The summed E-state index contributed by atoms with van der Waals surface area (Å²) < 4.78 is 12.4. The molecule has 2 aliphatic rings. The lowest BCUT2D eigenvalue weighted by Gasteiger charge is -2.05. The second-order valence-corrected chi connectivity index (χ2v) is 4.42. The van der Waals surface area contributed by atoms with Gasteiger partial charge in [-0.25, -0.2) is 4.79 Å². The molecule has 0 bridgehead atoms. The number of rotatable bonds is 1. The van der Waals surface area contributed by atoms with Crippen molar-refractivity contribution in [2.45, 2.75) is 19.9 Å². The summed E-state index contributed by atoms with van der Waals surface area (Å²) in [5, 5.41) is 4.32. The van der Waals surface area contributed by atoms with Crippen LogP contribution in [-0.4, -0.2) is 29.5 Å². The Morgan fingerprint density at radius 3 is 3.17 bits per heavy atom. The maximum Gasteiger partial charge on any atom is 0.334 e. The SMILES string of the molecule is COC(=O)C1=CC2=C(C1)OCCn1ncc(C)c12. The van der Waals surface area contributed by atoms with E-state index in [0.29, 0.717) is 18.6 Å². The van der Waals surface area contributed by atoms with Gasteiger partial charge in [0.25, 0.3) is 0 Å². The van der Waals surface area contributed by atoms with Gasteiger partial charge < -0.3 is 9.47 Å². The standard InChI is InChI=1S/C13H14N2O3/c1-8-7-14-15-3-4-18-11-6-9(13(16)17-2)5-10(11)12(8)15/h5,7H,3-4,6H2,1-2H3. The van der Waals surface area contributed by atoms with Crippen molar-refractivity contribution < 1.29 is 14.3 Å². The summed E-state index contributed by atoms with van der Waals surface area (Å²) in [7, 11) is 1.39. The minimum absolute atomic E-state index is 0.296. The number of carbonyl (C=O) groups excluding carboxylic acids is 1. The lowest BCUT2D eigenvalue weighted by molar-refractivity contribution is -0.136. The molecule has 5 nitrogen and oxygen atoms in total. The van der Waals surface area contributed by atoms with Crippen LogP contribution in [0.5, 0.6) is 0 Å². The zero-order chi connectivity index (χ0) is 12.7. The van der Waals surface area contributed by atoms with E-state index in [1.165, 1.54) is 7.11 Å². The van der Waals surface area contributed by atoms with Crippen molar-refractivity contribution in [3.05, 3.63) is 34.9 Å². The molecule has 0 saturated heterocycles. The third-order valence-corrected chi connectivity index (χ3v) is 3.27. The highest BCUT2D eigenvalue weighted by atomic mass is 16.5. The summed E-state index contributed by atoms with van der Waals surface area (Å²) in [5.74, 6) is 0.549. The zero-order valence-corrected chi connectivity index (χ0v) is 10.4. The number of aromatic nitrogens is 2. The number of hydrogen-bond donors (Lipinski definition) is 0. The van der Waals surface area contributed by atoms with Gasteiger partial charge in [-0.05, 0) is 18.6 Å². The van der Waals surface area contributed by atoms with Gasteiger partial charge in [-0.1, -0.05) is 0 Å². The minimum Gasteiger partial charge on any atom is -0.495 e. The highest BCUT2D eigenvalue weighted by Crippen LogP contribution is 2.36. The molecule has 1 aliphatic carbocycles. The Kier molecular flexibility index (Phi) is 2.47. The molecule has 0 aromatic carbocycles. The van der Waals surface area contributed by atoms with Crippen molar-refractivity contribution in [3.8, 4) is 0 Å². The van der Waals surface area contributed by atoms with Gasteiger partial charge in [-0.15, -0.1) is 0 Å². The van der Waals surface area contributed by atoms with E-state index in [0.717, 1.165) is 29.1 Å². The highest BCUT2D eigenvalue weighted by Gasteiger charge is 2.28. The van der Waals surface area contributed by atoms with E-state index in [9.17, 15) is 4.79 Å². The quantitative estimate of drug-likeness (QED) is 0.703. The van der Waals surface area contributed by atoms with E-state index in [2.05, 4.69) is 5.10 Å². The van der Waals surface area contributed by atoms with Crippen LogP contribution in [0.3, 0.4) is 0 Å². The molecule has 0 fully saturated rings. The van der Waals surface area contributed by atoms with Crippen LogP contribution in [0.1, 0.15) is 17.7 Å². The number of hydrogen-bond acceptors (Lipinski definition) is 4. The highest BCUT2D eigenvalue weighted by molar-refractivity contribution is 5.96. The Morgan fingerprint density at radius 2 is 2.39 bits per heavy atom. The smallest absolute Gasteiger partial charge is 0.334 e. The van der Waals surface area contributed by atoms with Crippen LogP contribution in [0.15, 0.2) is 23.6 Å². The predicted octanol–water partition coefficient (Wildman–Crippen LogP) is 1.44. The van der Waals surface area contributed by atoms with Crippen LogP contribution in [0.25, 0.3) is 5.57 Å². The third-order valence-electron chi connectivity index (χ3n) is 3.27. The Bertz CT molecular complexity index is 581. The van der Waals surface area contributed by atoms with Crippen LogP contribution in [-0.2, 0) is 20.8 Å². The Morgan fingerprint density at radius 1 is 1.56 bits per heavy atom. The number of esters is 1. The van der Waals surface area contributed by atoms with Gasteiger partial charge in [0.1, 0.15) is 12.4 Å². The van der Waals surface area contributed by atoms with Crippen LogP contribution in [0.2, 0.25) is 0 Å². The average molecular weight is 246 g/mol. The predicted molar refractivity (Wildman–Crippen MR) is 64.6 cm³/mol. The van der Waals surface area contributed by atoms with E-state index in [1.54, 1.807) is 0 Å².